The molecule has 0 aliphatic carbocycles. The van der Waals surface area contributed by atoms with Crippen molar-refractivity contribution in [1.29, 1.82) is 0 Å². The van der Waals surface area contributed by atoms with Crippen molar-refractivity contribution >= 4 is 29.3 Å². The van der Waals surface area contributed by atoms with E-state index in [4.69, 9.17) is 4.74 Å². The van der Waals surface area contributed by atoms with Gasteiger partial charge >= 0.3 is 0 Å². The summed E-state index contributed by atoms with van der Waals surface area (Å²) in [6.45, 7) is 2.07. The van der Waals surface area contributed by atoms with Gasteiger partial charge in [-0.25, -0.2) is 0 Å². The van der Waals surface area contributed by atoms with Crippen LogP contribution in [0.5, 0.6) is 0 Å². The molecule has 6 heteroatoms. The van der Waals surface area contributed by atoms with Crippen LogP contribution in [0, 0.1) is 5.92 Å². The number of rotatable bonds is 5. The predicted octanol–water partition coefficient (Wildman–Crippen LogP) is 4.32. The molecule has 2 aromatic carbocycles. The van der Waals surface area contributed by atoms with Crippen LogP contribution in [0.2, 0.25) is 0 Å². The number of anilines is 1. The summed E-state index contributed by atoms with van der Waals surface area (Å²) in [5, 5.41) is 4.56. The molecule has 156 valence electrons. The topological polar surface area (TPSA) is 58.6 Å². The molecule has 0 bridgehead atoms. The second-order valence-electron chi connectivity index (χ2n) is 7.66. The number of piperidine rings is 1. The Bertz CT molecular complexity index is 921. The van der Waals surface area contributed by atoms with E-state index in [0.717, 1.165) is 38.1 Å². The normalized spacial score (nSPS) is 17.1. The summed E-state index contributed by atoms with van der Waals surface area (Å²) in [5.74, 6) is 1.52. The quantitative estimate of drug-likeness (QED) is 0.779. The van der Waals surface area contributed by atoms with Gasteiger partial charge in [0.25, 0.3) is 11.8 Å². The molecule has 2 aliphatic heterocycles. The average Bonchev–Trinajstić information content (AvgIpc) is 2.80. The summed E-state index contributed by atoms with van der Waals surface area (Å²) in [5.41, 5.74) is 2.56. The van der Waals surface area contributed by atoms with Crippen LogP contribution in [-0.2, 0) is 16.0 Å². The van der Waals surface area contributed by atoms with Gasteiger partial charge in [-0.15, -0.1) is 11.8 Å². The fourth-order valence-electron chi connectivity index (χ4n) is 3.88. The molecule has 1 N–H and O–H groups in total. The number of carbonyl (C=O) groups excluding carboxylic acids is 2. The Labute approximate surface area is 181 Å². The third-order valence-corrected chi connectivity index (χ3v) is 6.29. The fraction of sp³-hybridized carbons (Fsp3) is 0.333. The Morgan fingerprint density at radius 1 is 1.07 bits per heavy atom. The molecule has 4 rings (SSSR count). The zero-order valence-corrected chi connectivity index (χ0v) is 17.7. The van der Waals surface area contributed by atoms with Crippen LogP contribution in [0.15, 0.2) is 65.8 Å². The molecular weight excluding hydrogens is 396 g/mol. The zero-order chi connectivity index (χ0) is 20.8. The van der Waals surface area contributed by atoms with Gasteiger partial charge in [0.1, 0.15) is 0 Å². The second-order valence-corrected chi connectivity index (χ2v) is 8.64. The standard InChI is InChI=1S/C24H26N2O3S/c27-23(22-17-30-14-13-29-22)25-21-8-4-7-20(16-21)24(28)26-11-9-19(10-12-26)15-18-5-2-1-3-6-18/h1-8,16-17,19H,9-15H2,(H,25,27). The Morgan fingerprint density at radius 3 is 2.60 bits per heavy atom. The lowest BCUT2D eigenvalue weighted by molar-refractivity contribution is -0.116. The summed E-state index contributed by atoms with van der Waals surface area (Å²) in [4.78, 5) is 27.2. The van der Waals surface area contributed by atoms with Gasteiger partial charge in [-0.1, -0.05) is 36.4 Å². The van der Waals surface area contributed by atoms with Gasteiger partial charge in [0, 0.05) is 35.5 Å². The fourth-order valence-corrected chi connectivity index (χ4v) is 4.50. The molecule has 0 unspecified atom stereocenters. The number of thioether (sulfide) groups is 1. The summed E-state index contributed by atoms with van der Waals surface area (Å²) in [6.07, 6.45) is 3.10. The average molecular weight is 423 g/mol. The van der Waals surface area contributed by atoms with Crippen molar-refractivity contribution in [3.05, 3.63) is 76.9 Å². The Kier molecular flexibility index (Phi) is 6.74. The zero-order valence-electron chi connectivity index (χ0n) is 16.9. The molecule has 0 spiro atoms. The highest BCUT2D eigenvalue weighted by Crippen LogP contribution is 2.24. The van der Waals surface area contributed by atoms with Gasteiger partial charge in [-0.3, -0.25) is 9.59 Å². The van der Waals surface area contributed by atoms with Crippen LogP contribution < -0.4 is 5.32 Å². The molecule has 0 aromatic heterocycles. The minimum Gasteiger partial charge on any atom is -0.487 e. The van der Waals surface area contributed by atoms with E-state index in [1.165, 1.54) is 5.56 Å². The minimum atomic E-state index is -0.284. The van der Waals surface area contributed by atoms with E-state index in [1.807, 2.05) is 11.0 Å². The van der Waals surface area contributed by atoms with E-state index < -0.39 is 0 Å². The first-order chi connectivity index (χ1) is 14.7. The first kappa shape index (κ1) is 20.5. The van der Waals surface area contributed by atoms with Crippen molar-refractivity contribution in [2.75, 3.05) is 30.8 Å². The second kappa shape index (κ2) is 9.85. The highest BCUT2D eigenvalue weighted by atomic mass is 32.2. The highest BCUT2D eigenvalue weighted by Gasteiger charge is 2.24. The minimum absolute atomic E-state index is 0.0212. The van der Waals surface area contributed by atoms with Crippen molar-refractivity contribution in [3.8, 4) is 0 Å². The maximum Gasteiger partial charge on any atom is 0.291 e. The van der Waals surface area contributed by atoms with Crippen molar-refractivity contribution < 1.29 is 14.3 Å². The molecule has 30 heavy (non-hydrogen) atoms. The van der Waals surface area contributed by atoms with E-state index in [-0.39, 0.29) is 11.8 Å². The Morgan fingerprint density at radius 2 is 1.87 bits per heavy atom. The number of nitrogens with zero attached hydrogens (tertiary/aromatic N) is 1. The molecule has 2 amide bonds. The largest absolute Gasteiger partial charge is 0.487 e. The lowest BCUT2D eigenvalue weighted by atomic mass is 9.90. The van der Waals surface area contributed by atoms with Crippen molar-refractivity contribution in [1.82, 2.24) is 4.90 Å². The molecule has 2 aromatic rings. The monoisotopic (exact) mass is 422 g/mol. The highest BCUT2D eigenvalue weighted by molar-refractivity contribution is 8.02. The maximum absolute atomic E-state index is 13.0. The van der Waals surface area contributed by atoms with Crippen LogP contribution in [0.3, 0.4) is 0 Å². The molecule has 0 atom stereocenters. The number of hydrogen-bond donors (Lipinski definition) is 1. The Hall–Kier alpha value is -2.73. The van der Waals surface area contributed by atoms with Crippen LogP contribution in [0.25, 0.3) is 0 Å². The number of carbonyl (C=O) groups is 2. The molecule has 5 nitrogen and oxygen atoms in total. The molecule has 0 radical (unpaired) electrons. The molecule has 2 aliphatic rings. The summed E-state index contributed by atoms with van der Waals surface area (Å²) >= 11 is 1.56. The van der Waals surface area contributed by atoms with Crippen LogP contribution in [-0.4, -0.2) is 42.2 Å². The molecule has 1 saturated heterocycles. The first-order valence-electron chi connectivity index (χ1n) is 10.4. The van der Waals surface area contributed by atoms with Gasteiger partial charge in [0.15, 0.2) is 5.76 Å². The van der Waals surface area contributed by atoms with Crippen molar-refractivity contribution in [3.63, 3.8) is 0 Å². The van der Waals surface area contributed by atoms with Crippen LogP contribution in [0.1, 0.15) is 28.8 Å². The molecule has 1 fully saturated rings. The van der Waals surface area contributed by atoms with Gasteiger partial charge < -0.3 is 15.0 Å². The van der Waals surface area contributed by atoms with Crippen molar-refractivity contribution in [2.45, 2.75) is 19.3 Å². The van der Waals surface area contributed by atoms with Crippen molar-refractivity contribution in [2.24, 2.45) is 5.92 Å². The summed E-state index contributed by atoms with van der Waals surface area (Å²) < 4.78 is 5.39. The van der Waals surface area contributed by atoms with E-state index in [1.54, 1.807) is 41.4 Å². The van der Waals surface area contributed by atoms with Gasteiger partial charge in [-0.05, 0) is 48.9 Å². The lowest BCUT2D eigenvalue weighted by Gasteiger charge is -2.32. The van der Waals surface area contributed by atoms with Crippen LogP contribution in [0.4, 0.5) is 5.69 Å². The van der Waals surface area contributed by atoms with Crippen LogP contribution >= 0.6 is 11.8 Å². The van der Waals surface area contributed by atoms with Gasteiger partial charge in [0.2, 0.25) is 0 Å². The van der Waals surface area contributed by atoms with E-state index in [9.17, 15) is 9.59 Å². The third kappa shape index (κ3) is 5.25. The maximum atomic E-state index is 13.0. The summed E-state index contributed by atoms with van der Waals surface area (Å²) in [6, 6.07) is 17.7. The molecule has 2 heterocycles. The third-order valence-electron chi connectivity index (χ3n) is 5.51. The first-order valence-corrected chi connectivity index (χ1v) is 11.4. The molecule has 0 saturated carbocycles. The number of hydrogen-bond acceptors (Lipinski definition) is 4. The molecular formula is C24H26N2O3S. The van der Waals surface area contributed by atoms with E-state index in [2.05, 4.69) is 29.6 Å². The smallest absolute Gasteiger partial charge is 0.291 e. The number of nitrogens with one attached hydrogen (secondary N) is 1. The number of amides is 2. The summed E-state index contributed by atoms with van der Waals surface area (Å²) in [7, 11) is 0. The van der Waals surface area contributed by atoms with Gasteiger partial charge in [0.05, 0.1) is 6.61 Å². The number of benzene rings is 2. The number of likely N-dealkylation sites (tertiary alicyclic amines) is 1. The Balaban J connectivity index is 1.33. The van der Waals surface area contributed by atoms with E-state index in [0.29, 0.717) is 29.5 Å². The SMILES string of the molecule is O=C(Nc1cccc(C(=O)N2CCC(Cc3ccccc3)CC2)c1)C1=CSCCO1. The predicted molar refractivity (Wildman–Crippen MR) is 120 cm³/mol. The lowest BCUT2D eigenvalue weighted by Crippen LogP contribution is -2.38. The number of ether oxygens (including phenoxy) is 1. The van der Waals surface area contributed by atoms with Gasteiger partial charge in [-0.2, -0.15) is 0 Å². The van der Waals surface area contributed by atoms with E-state index >= 15 is 0 Å².